The molecule has 2 aromatic heterocycles. The van der Waals surface area contributed by atoms with E-state index in [0.717, 1.165) is 16.7 Å². The maximum absolute atomic E-state index is 12.2. The van der Waals surface area contributed by atoms with Gasteiger partial charge in [0.25, 0.3) is 0 Å². The number of halogens is 1. The summed E-state index contributed by atoms with van der Waals surface area (Å²) in [6, 6.07) is 11.7. The van der Waals surface area contributed by atoms with Crippen molar-refractivity contribution in [2.45, 2.75) is 11.4 Å². The Hall–Kier alpha value is -1.89. The molecule has 1 aromatic carbocycles. The van der Waals surface area contributed by atoms with Gasteiger partial charge in [0, 0.05) is 22.3 Å². The summed E-state index contributed by atoms with van der Waals surface area (Å²) in [6.45, 7) is 0.158. The number of hydrogen-bond acceptors (Lipinski definition) is 3. The van der Waals surface area contributed by atoms with Gasteiger partial charge < -0.3 is 4.98 Å². The normalized spacial score (nSPS) is 11.9. The second-order valence-corrected chi connectivity index (χ2v) is 6.72. The van der Waals surface area contributed by atoms with Gasteiger partial charge in [-0.05, 0) is 36.4 Å². The predicted molar refractivity (Wildman–Crippen MR) is 81.6 cm³/mol. The van der Waals surface area contributed by atoms with Gasteiger partial charge in [-0.25, -0.2) is 18.1 Å². The zero-order chi connectivity index (χ0) is 14.9. The molecular formula is C14H12ClN3O2S. The van der Waals surface area contributed by atoms with Crippen LogP contribution in [0.15, 0.2) is 53.6 Å². The molecule has 0 bridgehead atoms. The fraction of sp³-hybridized carbons (Fsp3) is 0.0714. The van der Waals surface area contributed by atoms with Gasteiger partial charge in [-0.1, -0.05) is 17.7 Å². The molecule has 3 rings (SSSR count). The Bertz CT molecular complexity index is 857. The molecule has 7 heteroatoms. The molecule has 3 aromatic rings. The molecule has 0 unspecified atom stereocenters. The summed E-state index contributed by atoms with van der Waals surface area (Å²) < 4.78 is 26.9. The molecule has 21 heavy (non-hydrogen) atoms. The summed E-state index contributed by atoms with van der Waals surface area (Å²) in [6.07, 6.45) is 1.68. The minimum atomic E-state index is -3.59. The average Bonchev–Trinajstić information content (AvgIpc) is 2.88. The summed E-state index contributed by atoms with van der Waals surface area (Å²) >= 11 is 5.81. The van der Waals surface area contributed by atoms with Gasteiger partial charge in [-0.3, -0.25) is 0 Å². The summed E-state index contributed by atoms with van der Waals surface area (Å²) in [5.74, 6) is 0. The monoisotopic (exact) mass is 321 g/mol. The largest absolute Gasteiger partial charge is 0.342 e. The SMILES string of the molecule is O=S(=O)(NCc1cc2cccnc2[nH]1)c1cccc(Cl)c1. The zero-order valence-electron chi connectivity index (χ0n) is 10.9. The van der Waals surface area contributed by atoms with Crippen molar-refractivity contribution in [3.63, 3.8) is 0 Å². The number of aromatic nitrogens is 2. The third kappa shape index (κ3) is 3.07. The number of rotatable bonds is 4. The smallest absolute Gasteiger partial charge is 0.240 e. The Kier molecular flexibility index (Phi) is 3.67. The van der Waals surface area contributed by atoms with Crippen molar-refractivity contribution in [2.75, 3.05) is 0 Å². The van der Waals surface area contributed by atoms with Crippen LogP contribution in [0.3, 0.4) is 0 Å². The Labute approximate surface area is 127 Å². The van der Waals surface area contributed by atoms with E-state index >= 15 is 0 Å². The molecule has 0 spiro atoms. The maximum Gasteiger partial charge on any atom is 0.240 e. The lowest BCUT2D eigenvalue weighted by Gasteiger charge is -2.05. The first-order chi connectivity index (χ1) is 10.0. The predicted octanol–water partition coefficient (Wildman–Crippen LogP) is 2.69. The van der Waals surface area contributed by atoms with Gasteiger partial charge in [0.15, 0.2) is 0 Å². The van der Waals surface area contributed by atoms with Crippen molar-refractivity contribution >= 4 is 32.7 Å². The second kappa shape index (κ2) is 5.48. The molecule has 0 aliphatic rings. The summed E-state index contributed by atoms with van der Waals surface area (Å²) in [4.78, 5) is 7.38. The van der Waals surface area contributed by atoms with Crippen LogP contribution in [-0.4, -0.2) is 18.4 Å². The number of fused-ring (bicyclic) bond motifs is 1. The number of hydrogen-bond donors (Lipinski definition) is 2. The molecule has 0 saturated heterocycles. The number of aromatic amines is 1. The number of benzene rings is 1. The van der Waals surface area contributed by atoms with Crippen molar-refractivity contribution in [2.24, 2.45) is 0 Å². The van der Waals surface area contributed by atoms with Crippen LogP contribution in [0.2, 0.25) is 5.02 Å². The fourth-order valence-corrected chi connectivity index (χ4v) is 3.31. The van der Waals surface area contributed by atoms with E-state index in [9.17, 15) is 8.42 Å². The van der Waals surface area contributed by atoms with E-state index in [1.165, 1.54) is 12.1 Å². The van der Waals surface area contributed by atoms with Crippen LogP contribution in [0, 0.1) is 0 Å². The van der Waals surface area contributed by atoms with E-state index < -0.39 is 10.0 Å². The van der Waals surface area contributed by atoms with Crippen molar-refractivity contribution < 1.29 is 8.42 Å². The summed E-state index contributed by atoms with van der Waals surface area (Å²) in [5, 5.41) is 1.32. The Morgan fingerprint density at radius 3 is 2.81 bits per heavy atom. The first-order valence-electron chi connectivity index (χ1n) is 6.22. The van der Waals surface area contributed by atoms with Crippen molar-refractivity contribution in [1.29, 1.82) is 0 Å². The van der Waals surface area contributed by atoms with E-state index in [4.69, 9.17) is 11.6 Å². The molecule has 5 nitrogen and oxygen atoms in total. The molecule has 2 N–H and O–H groups in total. The topological polar surface area (TPSA) is 74.8 Å². The standard InChI is InChI=1S/C14H12ClN3O2S/c15-11-4-1-5-13(8-11)21(19,20)17-9-12-7-10-3-2-6-16-14(10)18-12/h1-8,17H,9H2,(H,16,18). The molecule has 2 heterocycles. The van der Waals surface area contributed by atoms with Crippen molar-refractivity contribution in [1.82, 2.24) is 14.7 Å². The second-order valence-electron chi connectivity index (χ2n) is 4.52. The Morgan fingerprint density at radius 1 is 1.19 bits per heavy atom. The first-order valence-corrected chi connectivity index (χ1v) is 8.08. The highest BCUT2D eigenvalue weighted by Crippen LogP contribution is 2.16. The number of H-pyrrole nitrogens is 1. The van der Waals surface area contributed by atoms with Crippen LogP contribution in [0.5, 0.6) is 0 Å². The Morgan fingerprint density at radius 2 is 2.05 bits per heavy atom. The van der Waals surface area contributed by atoms with Crippen LogP contribution in [-0.2, 0) is 16.6 Å². The van der Waals surface area contributed by atoms with E-state index in [1.54, 1.807) is 18.3 Å². The third-order valence-corrected chi connectivity index (χ3v) is 4.64. The lowest BCUT2D eigenvalue weighted by molar-refractivity contribution is 0.580. The molecule has 0 aliphatic heterocycles. The molecule has 108 valence electrons. The minimum Gasteiger partial charge on any atom is -0.342 e. The van der Waals surface area contributed by atoms with Gasteiger partial charge >= 0.3 is 0 Å². The van der Waals surface area contributed by atoms with E-state index in [-0.39, 0.29) is 11.4 Å². The third-order valence-electron chi connectivity index (χ3n) is 3.01. The highest BCUT2D eigenvalue weighted by Gasteiger charge is 2.14. The van der Waals surface area contributed by atoms with Crippen LogP contribution in [0.1, 0.15) is 5.69 Å². The van der Waals surface area contributed by atoms with Crippen LogP contribution >= 0.6 is 11.6 Å². The van der Waals surface area contributed by atoms with Gasteiger partial charge in [0.05, 0.1) is 11.4 Å². The number of pyridine rings is 1. The molecule has 0 amide bonds. The van der Waals surface area contributed by atoms with Crippen LogP contribution in [0.4, 0.5) is 0 Å². The fourth-order valence-electron chi connectivity index (χ4n) is 2.00. The number of nitrogens with zero attached hydrogens (tertiary/aromatic N) is 1. The van der Waals surface area contributed by atoms with Crippen molar-refractivity contribution in [3.8, 4) is 0 Å². The average molecular weight is 322 g/mol. The maximum atomic E-state index is 12.2. The molecule has 0 saturated carbocycles. The van der Waals surface area contributed by atoms with Crippen LogP contribution in [0.25, 0.3) is 11.0 Å². The van der Waals surface area contributed by atoms with E-state index in [2.05, 4.69) is 14.7 Å². The van der Waals surface area contributed by atoms with Gasteiger partial charge in [0.2, 0.25) is 10.0 Å². The lowest BCUT2D eigenvalue weighted by Crippen LogP contribution is -2.23. The summed E-state index contributed by atoms with van der Waals surface area (Å²) in [7, 11) is -3.59. The van der Waals surface area contributed by atoms with Gasteiger partial charge in [-0.15, -0.1) is 0 Å². The minimum absolute atomic E-state index is 0.143. The Balaban J connectivity index is 1.80. The number of sulfonamides is 1. The molecular weight excluding hydrogens is 310 g/mol. The number of nitrogens with one attached hydrogen (secondary N) is 2. The molecule has 0 aliphatic carbocycles. The van der Waals surface area contributed by atoms with E-state index in [0.29, 0.717) is 5.02 Å². The van der Waals surface area contributed by atoms with Crippen LogP contribution < -0.4 is 4.72 Å². The molecule has 0 fully saturated rings. The highest BCUT2D eigenvalue weighted by molar-refractivity contribution is 7.89. The first kappa shape index (κ1) is 14.1. The zero-order valence-corrected chi connectivity index (χ0v) is 12.4. The quantitative estimate of drug-likeness (QED) is 0.775. The molecule has 0 radical (unpaired) electrons. The van der Waals surface area contributed by atoms with Crippen molar-refractivity contribution in [3.05, 3.63) is 59.4 Å². The van der Waals surface area contributed by atoms with Gasteiger partial charge in [0.1, 0.15) is 5.65 Å². The highest BCUT2D eigenvalue weighted by atomic mass is 35.5. The molecule has 0 atom stereocenters. The lowest BCUT2D eigenvalue weighted by atomic mass is 10.3. The summed E-state index contributed by atoms with van der Waals surface area (Å²) in [5.41, 5.74) is 1.48. The van der Waals surface area contributed by atoms with Gasteiger partial charge in [-0.2, -0.15) is 0 Å². The van der Waals surface area contributed by atoms with E-state index in [1.807, 2.05) is 18.2 Å².